The van der Waals surface area contributed by atoms with E-state index in [0.29, 0.717) is 17.8 Å². The summed E-state index contributed by atoms with van der Waals surface area (Å²) in [5, 5.41) is 0. The summed E-state index contributed by atoms with van der Waals surface area (Å²) in [7, 11) is -3.52. The predicted octanol–water partition coefficient (Wildman–Crippen LogP) is 3.79. The van der Waals surface area contributed by atoms with E-state index in [-0.39, 0.29) is 10.6 Å². The van der Waals surface area contributed by atoms with Crippen LogP contribution in [0.4, 0.5) is 5.69 Å². The van der Waals surface area contributed by atoms with Gasteiger partial charge in [-0.25, -0.2) is 8.42 Å². The number of nitrogens with zero attached hydrogens (tertiary/aromatic N) is 1. The first-order chi connectivity index (χ1) is 11.4. The molecule has 0 saturated carbocycles. The molecule has 8 heteroatoms. The molecule has 1 N–H and O–H groups in total. The number of fused-ring (bicyclic) bond motifs is 1. The highest BCUT2D eigenvalue weighted by Gasteiger charge is 2.13. The lowest BCUT2D eigenvalue weighted by atomic mass is 10.2. The Kier molecular flexibility index (Phi) is 4.80. The number of nitrogens with one attached hydrogen (secondary N) is 1. The van der Waals surface area contributed by atoms with Crippen LogP contribution in [0, 0.1) is 0 Å². The maximum atomic E-state index is 12.3. The van der Waals surface area contributed by atoms with Crippen molar-refractivity contribution in [1.29, 1.82) is 0 Å². The third-order valence-electron chi connectivity index (χ3n) is 3.53. The zero-order chi connectivity index (χ0) is 17.3. The highest BCUT2D eigenvalue weighted by molar-refractivity contribution is 9.10. The van der Waals surface area contributed by atoms with E-state index in [0.717, 1.165) is 26.0 Å². The first-order valence-electron chi connectivity index (χ1n) is 7.26. The molecule has 0 aliphatic carbocycles. The molecule has 5 nitrogen and oxygen atoms in total. The number of hydrogen-bond acceptors (Lipinski definition) is 4. The summed E-state index contributed by atoms with van der Waals surface area (Å²) in [6.45, 7) is 2.50. The maximum Gasteiger partial charge on any atom is 0.308 e. The van der Waals surface area contributed by atoms with Crippen molar-refractivity contribution < 1.29 is 8.42 Å². The van der Waals surface area contributed by atoms with Gasteiger partial charge < -0.3 is 0 Å². The van der Waals surface area contributed by atoms with E-state index in [1.54, 1.807) is 34.9 Å². The molecule has 0 aliphatic rings. The molecule has 0 saturated heterocycles. The van der Waals surface area contributed by atoms with Crippen LogP contribution in [0.3, 0.4) is 0 Å². The van der Waals surface area contributed by atoms with Gasteiger partial charge in [0.1, 0.15) is 0 Å². The minimum absolute atomic E-state index is 0.0395. The Morgan fingerprint density at radius 1 is 1.17 bits per heavy atom. The van der Waals surface area contributed by atoms with Gasteiger partial charge in [-0.05, 0) is 42.8 Å². The Labute approximate surface area is 152 Å². The van der Waals surface area contributed by atoms with Gasteiger partial charge >= 0.3 is 4.87 Å². The zero-order valence-electron chi connectivity index (χ0n) is 12.8. The van der Waals surface area contributed by atoms with Gasteiger partial charge in [0.25, 0.3) is 0 Å². The smallest absolute Gasteiger partial charge is 0.299 e. The van der Waals surface area contributed by atoms with Gasteiger partial charge in [-0.2, -0.15) is 0 Å². The van der Waals surface area contributed by atoms with Crippen LogP contribution in [0.15, 0.2) is 51.7 Å². The molecule has 0 amide bonds. The van der Waals surface area contributed by atoms with Gasteiger partial charge in [0.05, 0.1) is 21.7 Å². The van der Waals surface area contributed by atoms with E-state index in [1.165, 1.54) is 0 Å². The van der Waals surface area contributed by atoms with Crippen molar-refractivity contribution >= 4 is 53.2 Å². The van der Waals surface area contributed by atoms with Gasteiger partial charge in [-0.3, -0.25) is 14.1 Å². The molecule has 0 aliphatic heterocycles. The van der Waals surface area contributed by atoms with Gasteiger partial charge in [0, 0.05) is 11.0 Å². The largest absolute Gasteiger partial charge is 0.308 e. The van der Waals surface area contributed by atoms with Crippen LogP contribution < -0.4 is 9.60 Å². The second-order valence-electron chi connectivity index (χ2n) is 5.28. The molecule has 24 heavy (non-hydrogen) atoms. The van der Waals surface area contributed by atoms with Crippen LogP contribution in [0.2, 0.25) is 0 Å². The standard InChI is InChI=1S/C16H15BrN2O3S2/c1-2-19-14-8-7-13(9-15(14)23-16(19)20)18-24(21,22)10-11-3-5-12(17)6-4-11/h3-9,18H,2,10H2,1H3. The molecule has 0 radical (unpaired) electrons. The number of aromatic nitrogens is 1. The van der Waals surface area contributed by atoms with Crippen LogP contribution in [-0.4, -0.2) is 13.0 Å². The summed E-state index contributed by atoms with van der Waals surface area (Å²) in [4.78, 5) is 11.8. The summed E-state index contributed by atoms with van der Waals surface area (Å²) in [6.07, 6.45) is 0. The Morgan fingerprint density at radius 2 is 1.88 bits per heavy atom. The number of halogens is 1. The summed E-state index contributed by atoms with van der Waals surface area (Å²) in [6, 6.07) is 12.3. The molecule has 0 atom stereocenters. The lowest BCUT2D eigenvalue weighted by Gasteiger charge is -2.08. The molecule has 3 rings (SSSR count). The van der Waals surface area contributed by atoms with Crippen molar-refractivity contribution in [2.45, 2.75) is 19.2 Å². The summed E-state index contributed by atoms with van der Waals surface area (Å²) >= 11 is 4.44. The highest BCUT2D eigenvalue weighted by Crippen LogP contribution is 2.23. The topological polar surface area (TPSA) is 68.2 Å². The SMILES string of the molecule is CCn1c(=O)sc2cc(NS(=O)(=O)Cc3ccc(Br)cc3)ccc21. The monoisotopic (exact) mass is 426 g/mol. The minimum atomic E-state index is -3.52. The predicted molar refractivity (Wildman–Crippen MR) is 102 cm³/mol. The Bertz CT molecular complexity index is 1040. The quantitative estimate of drug-likeness (QED) is 0.674. The molecular formula is C16H15BrN2O3S2. The lowest BCUT2D eigenvalue weighted by Crippen LogP contribution is -2.15. The van der Waals surface area contributed by atoms with Crippen LogP contribution >= 0.6 is 27.3 Å². The fourth-order valence-electron chi connectivity index (χ4n) is 2.44. The molecule has 0 bridgehead atoms. The van der Waals surface area contributed by atoms with E-state index in [4.69, 9.17) is 0 Å². The number of hydrogen-bond donors (Lipinski definition) is 1. The van der Waals surface area contributed by atoms with E-state index in [1.807, 2.05) is 19.1 Å². The van der Waals surface area contributed by atoms with Crippen molar-refractivity contribution in [2.24, 2.45) is 0 Å². The molecule has 0 unspecified atom stereocenters. The molecule has 0 fully saturated rings. The minimum Gasteiger partial charge on any atom is -0.299 e. The lowest BCUT2D eigenvalue weighted by molar-refractivity contribution is 0.600. The number of benzene rings is 2. The molecule has 1 heterocycles. The third-order valence-corrected chi connectivity index (χ3v) is 6.26. The normalized spacial score (nSPS) is 11.8. The van der Waals surface area contributed by atoms with Crippen molar-refractivity contribution in [1.82, 2.24) is 4.57 Å². The summed E-state index contributed by atoms with van der Waals surface area (Å²) in [5.41, 5.74) is 1.99. The maximum absolute atomic E-state index is 12.3. The fraction of sp³-hybridized carbons (Fsp3) is 0.188. The molecule has 0 spiro atoms. The molecule has 3 aromatic rings. The number of anilines is 1. The first kappa shape index (κ1) is 17.2. The van der Waals surface area contributed by atoms with E-state index in [9.17, 15) is 13.2 Å². The Balaban J connectivity index is 1.85. The molecule has 2 aromatic carbocycles. The van der Waals surface area contributed by atoms with Crippen LogP contribution in [0.25, 0.3) is 10.2 Å². The van der Waals surface area contributed by atoms with Crippen molar-refractivity contribution in [3.8, 4) is 0 Å². The van der Waals surface area contributed by atoms with Crippen molar-refractivity contribution in [3.05, 3.63) is 62.2 Å². The second-order valence-corrected chi connectivity index (χ2v) is 8.91. The van der Waals surface area contributed by atoms with Gasteiger partial charge in [0.15, 0.2) is 0 Å². The summed E-state index contributed by atoms with van der Waals surface area (Å²) < 4.78 is 30.6. The Hall–Kier alpha value is -1.64. The molecule has 1 aromatic heterocycles. The number of rotatable bonds is 5. The van der Waals surface area contributed by atoms with Crippen LogP contribution in [-0.2, 0) is 22.3 Å². The average molecular weight is 427 g/mol. The molecular weight excluding hydrogens is 412 g/mol. The highest BCUT2D eigenvalue weighted by atomic mass is 79.9. The van der Waals surface area contributed by atoms with E-state index in [2.05, 4.69) is 20.7 Å². The fourth-order valence-corrected chi connectivity index (χ4v) is 4.89. The van der Waals surface area contributed by atoms with Crippen molar-refractivity contribution in [3.63, 3.8) is 0 Å². The third kappa shape index (κ3) is 3.71. The summed E-state index contributed by atoms with van der Waals surface area (Å²) in [5.74, 6) is -0.107. The van der Waals surface area contributed by atoms with E-state index < -0.39 is 10.0 Å². The second kappa shape index (κ2) is 6.70. The van der Waals surface area contributed by atoms with E-state index >= 15 is 0 Å². The Morgan fingerprint density at radius 3 is 2.54 bits per heavy atom. The van der Waals surface area contributed by atoms with Crippen LogP contribution in [0.5, 0.6) is 0 Å². The van der Waals surface area contributed by atoms with Gasteiger partial charge in [-0.15, -0.1) is 0 Å². The number of sulfonamides is 1. The number of aryl methyl sites for hydroxylation is 1. The number of thiazole rings is 1. The molecule has 126 valence electrons. The van der Waals surface area contributed by atoms with Gasteiger partial charge in [0.2, 0.25) is 10.0 Å². The average Bonchev–Trinajstić information content (AvgIpc) is 2.83. The first-order valence-corrected chi connectivity index (χ1v) is 10.5. The van der Waals surface area contributed by atoms with Crippen LogP contribution in [0.1, 0.15) is 12.5 Å². The van der Waals surface area contributed by atoms with Crippen molar-refractivity contribution in [2.75, 3.05) is 4.72 Å². The zero-order valence-corrected chi connectivity index (χ0v) is 16.0. The van der Waals surface area contributed by atoms with Gasteiger partial charge in [-0.1, -0.05) is 39.4 Å².